The molecule has 0 aliphatic rings. The first-order valence-electron chi connectivity index (χ1n) is 5.86. The third-order valence-electron chi connectivity index (χ3n) is 2.96. The van der Waals surface area contributed by atoms with Gasteiger partial charge in [0.05, 0.1) is 11.1 Å². The molecule has 2 rings (SSSR count). The number of hydrogen-bond donors (Lipinski definition) is 1. The summed E-state index contributed by atoms with van der Waals surface area (Å²) in [4.78, 5) is 0. The molecule has 0 bridgehead atoms. The van der Waals surface area contributed by atoms with Crippen LogP contribution in [0.25, 0.3) is 0 Å². The molecule has 1 unspecified atom stereocenters. The summed E-state index contributed by atoms with van der Waals surface area (Å²) in [6.07, 6.45) is -0.726. The van der Waals surface area contributed by atoms with Crippen molar-refractivity contribution in [2.45, 2.75) is 19.4 Å². The molecule has 0 aliphatic heterocycles. The summed E-state index contributed by atoms with van der Waals surface area (Å²) in [5.74, 6) is -0.494. The highest BCUT2D eigenvalue weighted by atomic mass is 35.5. The van der Waals surface area contributed by atoms with E-state index in [-0.39, 0.29) is 11.4 Å². The fourth-order valence-corrected chi connectivity index (χ4v) is 2.48. The first kappa shape index (κ1) is 14.3. The molecular formula is C15H13Cl2FO. The average molecular weight is 299 g/mol. The molecule has 0 aromatic heterocycles. The van der Waals surface area contributed by atoms with E-state index >= 15 is 0 Å². The maximum absolute atomic E-state index is 13.8. The molecule has 0 fully saturated rings. The van der Waals surface area contributed by atoms with Gasteiger partial charge in [0.25, 0.3) is 0 Å². The molecule has 100 valence electrons. The number of halogens is 3. The van der Waals surface area contributed by atoms with Crippen LogP contribution in [0.4, 0.5) is 4.39 Å². The van der Waals surface area contributed by atoms with Gasteiger partial charge in [-0.3, -0.25) is 0 Å². The van der Waals surface area contributed by atoms with Crippen LogP contribution in [-0.4, -0.2) is 5.11 Å². The largest absolute Gasteiger partial charge is 0.388 e. The highest BCUT2D eigenvalue weighted by Gasteiger charge is 2.15. The van der Waals surface area contributed by atoms with Gasteiger partial charge in [-0.1, -0.05) is 47.5 Å². The molecule has 0 radical (unpaired) electrons. The van der Waals surface area contributed by atoms with E-state index in [1.165, 1.54) is 6.07 Å². The zero-order valence-electron chi connectivity index (χ0n) is 10.3. The molecule has 0 saturated heterocycles. The molecule has 1 atom stereocenters. The van der Waals surface area contributed by atoms with Crippen molar-refractivity contribution in [1.29, 1.82) is 0 Å². The van der Waals surface area contributed by atoms with E-state index in [1.807, 2.05) is 13.0 Å². The summed E-state index contributed by atoms with van der Waals surface area (Å²) in [6.45, 7) is 1.92. The number of hydrogen-bond acceptors (Lipinski definition) is 1. The molecule has 2 aromatic carbocycles. The molecular weight excluding hydrogens is 286 g/mol. The van der Waals surface area contributed by atoms with Crippen LogP contribution < -0.4 is 0 Å². The molecule has 2 aromatic rings. The van der Waals surface area contributed by atoms with Gasteiger partial charge in [0.1, 0.15) is 5.82 Å². The minimum absolute atomic E-state index is 0.0553. The zero-order chi connectivity index (χ0) is 14.0. The number of rotatable bonds is 3. The monoisotopic (exact) mass is 298 g/mol. The topological polar surface area (TPSA) is 20.2 Å². The van der Waals surface area contributed by atoms with Gasteiger partial charge in [-0.25, -0.2) is 4.39 Å². The number of aryl methyl sites for hydroxylation is 1. The third-order valence-corrected chi connectivity index (χ3v) is 3.58. The molecule has 0 saturated carbocycles. The molecule has 0 amide bonds. The number of aliphatic hydroxyl groups excluding tert-OH is 1. The highest BCUT2D eigenvalue weighted by molar-refractivity contribution is 6.31. The van der Waals surface area contributed by atoms with Crippen LogP contribution in [-0.2, 0) is 6.42 Å². The molecule has 1 N–H and O–H groups in total. The van der Waals surface area contributed by atoms with Gasteiger partial charge in [0.15, 0.2) is 0 Å². The summed E-state index contributed by atoms with van der Waals surface area (Å²) in [5, 5.41) is 10.7. The van der Waals surface area contributed by atoms with Gasteiger partial charge >= 0.3 is 0 Å². The van der Waals surface area contributed by atoms with Crippen LogP contribution in [0.15, 0.2) is 36.4 Å². The molecule has 4 heteroatoms. The first-order valence-corrected chi connectivity index (χ1v) is 6.61. The Morgan fingerprint density at radius 3 is 2.58 bits per heavy atom. The first-order chi connectivity index (χ1) is 8.99. The Morgan fingerprint density at radius 2 is 1.89 bits per heavy atom. The van der Waals surface area contributed by atoms with Crippen LogP contribution in [0.3, 0.4) is 0 Å². The van der Waals surface area contributed by atoms with E-state index in [4.69, 9.17) is 23.2 Å². The zero-order valence-corrected chi connectivity index (χ0v) is 11.8. The molecule has 0 aliphatic carbocycles. The van der Waals surface area contributed by atoms with E-state index in [9.17, 15) is 9.50 Å². The number of aliphatic hydroxyl groups is 1. The lowest BCUT2D eigenvalue weighted by molar-refractivity contribution is 0.177. The summed E-state index contributed by atoms with van der Waals surface area (Å²) in [5.41, 5.74) is 1.97. The SMILES string of the molecule is Cc1ccc(C(O)Cc2cccc(Cl)c2F)c(Cl)c1. The predicted octanol–water partition coefficient (Wildman–Crippen LogP) is 4.72. The lowest BCUT2D eigenvalue weighted by Gasteiger charge is -2.14. The van der Waals surface area contributed by atoms with E-state index in [2.05, 4.69) is 0 Å². The third kappa shape index (κ3) is 3.27. The summed E-state index contributed by atoms with van der Waals surface area (Å²) in [7, 11) is 0. The van der Waals surface area contributed by atoms with Crippen molar-refractivity contribution in [3.8, 4) is 0 Å². The minimum atomic E-state index is -0.860. The lowest BCUT2D eigenvalue weighted by atomic mass is 10.00. The van der Waals surface area contributed by atoms with Crippen molar-refractivity contribution in [2.75, 3.05) is 0 Å². The van der Waals surface area contributed by atoms with Gasteiger partial charge in [-0.15, -0.1) is 0 Å². The van der Waals surface area contributed by atoms with Crippen molar-refractivity contribution in [3.63, 3.8) is 0 Å². The van der Waals surface area contributed by atoms with Crippen molar-refractivity contribution >= 4 is 23.2 Å². The van der Waals surface area contributed by atoms with Crippen molar-refractivity contribution < 1.29 is 9.50 Å². The summed E-state index contributed by atoms with van der Waals surface area (Å²) < 4.78 is 13.8. The predicted molar refractivity (Wildman–Crippen MR) is 76.3 cm³/mol. The van der Waals surface area contributed by atoms with Crippen molar-refractivity contribution in [1.82, 2.24) is 0 Å². The quantitative estimate of drug-likeness (QED) is 0.869. The van der Waals surface area contributed by atoms with Crippen molar-refractivity contribution in [2.24, 2.45) is 0 Å². The van der Waals surface area contributed by atoms with Crippen molar-refractivity contribution in [3.05, 3.63) is 69.0 Å². The van der Waals surface area contributed by atoms with Crippen LogP contribution >= 0.6 is 23.2 Å². The standard InChI is InChI=1S/C15H13Cl2FO/c1-9-5-6-11(13(17)7-9)14(19)8-10-3-2-4-12(16)15(10)18/h2-7,14,19H,8H2,1H3. The molecule has 19 heavy (non-hydrogen) atoms. The van der Waals surface area contributed by atoms with E-state index < -0.39 is 11.9 Å². The lowest BCUT2D eigenvalue weighted by Crippen LogP contribution is -2.04. The summed E-state index contributed by atoms with van der Waals surface area (Å²) >= 11 is 11.8. The van der Waals surface area contributed by atoms with Crippen LogP contribution in [0.2, 0.25) is 10.0 Å². The Bertz CT molecular complexity index is 599. The average Bonchev–Trinajstić information content (AvgIpc) is 2.34. The second-order valence-corrected chi connectivity index (χ2v) is 5.27. The Labute approximate surface area is 121 Å². The van der Waals surface area contributed by atoms with Gasteiger partial charge < -0.3 is 5.11 Å². The Kier molecular flexibility index (Phi) is 4.46. The van der Waals surface area contributed by atoms with Crippen LogP contribution in [0.1, 0.15) is 22.8 Å². The van der Waals surface area contributed by atoms with Crippen LogP contribution in [0, 0.1) is 12.7 Å². The van der Waals surface area contributed by atoms with E-state index in [0.29, 0.717) is 16.1 Å². The molecule has 0 spiro atoms. The Balaban J connectivity index is 2.25. The highest BCUT2D eigenvalue weighted by Crippen LogP contribution is 2.28. The van der Waals surface area contributed by atoms with E-state index in [1.54, 1.807) is 24.3 Å². The second-order valence-electron chi connectivity index (χ2n) is 4.46. The number of benzene rings is 2. The second kappa shape index (κ2) is 5.91. The fourth-order valence-electron chi connectivity index (χ4n) is 1.93. The fraction of sp³-hybridized carbons (Fsp3) is 0.200. The normalized spacial score (nSPS) is 12.5. The summed E-state index contributed by atoms with van der Waals surface area (Å²) in [6, 6.07) is 10.1. The van der Waals surface area contributed by atoms with Gasteiger partial charge in [0.2, 0.25) is 0 Å². The Morgan fingerprint density at radius 1 is 1.16 bits per heavy atom. The molecule has 0 heterocycles. The smallest absolute Gasteiger partial charge is 0.145 e. The minimum Gasteiger partial charge on any atom is -0.388 e. The Hall–Kier alpha value is -1.09. The van der Waals surface area contributed by atoms with Crippen LogP contribution in [0.5, 0.6) is 0 Å². The molecule has 1 nitrogen and oxygen atoms in total. The van der Waals surface area contributed by atoms with Gasteiger partial charge in [-0.2, -0.15) is 0 Å². The maximum Gasteiger partial charge on any atom is 0.145 e. The van der Waals surface area contributed by atoms with E-state index in [0.717, 1.165) is 5.56 Å². The van der Waals surface area contributed by atoms with Gasteiger partial charge in [0, 0.05) is 11.4 Å². The van der Waals surface area contributed by atoms with Gasteiger partial charge in [-0.05, 0) is 35.7 Å². The maximum atomic E-state index is 13.8.